The fraction of sp³-hybridized carbons (Fsp3) is 0.367. The van der Waals surface area contributed by atoms with E-state index in [1.165, 1.54) is 18.4 Å². The van der Waals surface area contributed by atoms with E-state index in [4.69, 9.17) is 9.97 Å². The molecule has 5 aromatic heterocycles. The van der Waals surface area contributed by atoms with Crippen molar-refractivity contribution < 1.29 is 0 Å². The molecular formula is C30H33N9. The standard InChI is InChI=1S/C30H33N9/c1-30(2)18-31-11-10-25(30)38(3)29-27-23(19-4-5-19)15-32-16-24(27)36-28(37-29)20-8-12-33-26(14-20)35-21-6-7-22-9-13-34-39(22)17-21/h6-9,12-17,19,25,31H,4-5,10-11,18H2,1-3H3,(H,33,35). The van der Waals surface area contributed by atoms with Gasteiger partial charge < -0.3 is 15.5 Å². The lowest BCUT2D eigenvalue weighted by atomic mass is 9.79. The molecule has 0 bridgehead atoms. The third-order valence-electron chi connectivity index (χ3n) is 8.20. The van der Waals surface area contributed by atoms with Gasteiger partial charge in [0.1, 0.15) is 11.6 Å². The first-order valence-corrected chi connectivity index (χ1v) is 13.7. The molecule has 0 aromatic carbocycles. The first-order valence-electron chi connectivity index (χ1n) is 13.7. The van der Waals surface area contributed by atoms with Gasteiger partial charge in [-0.1, -0.05) is 13.8 Å². The Morgan fingerprint density at radius 3 is 2.79 bits per heavy atom. The minimum atomic E-state index is 0.112. The Hall–Kier alpha value is -4.11. The number of hydrogen-bond donors (Lipinski definition) is 2. The molecule has 0 amide bonds. The molecule has 1 atom stereocenters. The molecule has 2 N–H and O–H groups in total. The van der Waals surface area contributed by atoms with Gasteiger partial charge in [-0.05, 0) is 73.0 Å². The van der Waals surface area contributed by atoms with Gasteiger partial charge in [-0.3, -0.25) is 4.98 Å². The SMILES string of the molecule is CN(c1nc(-c2ccnc(Nc3ccc4ccnn4c3)c2)nc2cncc(C3CC3)c12)C1CCNCC1(C)C. The Labute approximate surface area is 227 Å². The highest BCUT2D eigenvalue weighted by atomic mass is 15.2. The number of rotatable bonds is 6. The fourth-order valence-electron chi connectivity index (χ4n) is 5.97. The van der Waals surface area contributed by atoms with Gasteiger partial charge in [-0.15, -0.1) is 0 Å². The summed E-state index contributed by atoms with van der Waals surface area (Å²) in [6, 6.07) is 10.4. The predicted molar refractivity (Wildman–Crippen MR) is 154 cm³/mol. The van der Waals surface area contributed by atoms with Crippen LogP contribution in [0.25, 0.3) is 27.8 Å². The molecule has 5 aromatic rings. The number of pyridine rings is 3. The molecule has 2 aliphatic rings. The number of hydrogen-bond acceptors (Lipinski definition) is 8. The maximum atomic E-state index is 5.26. The van der Waals surface area contributed by atoms with Gasteiger partial charge >= 0.3 is 0 Å². The summed E-state index contributed by atoms with van der Waals surface area (Å²) in [6.45, 7) is 6.68. The third-order valence-corrected chi connectivity index (χ3v) is 8.20. The number of nitrogens with zero attached hydrogens (tertiary/aromatic N) is 7. The van der Waals surface area contributed by atoms with Gasteiger partial charge in [-0.25, -0.2) is 19.5 Å². The Kier molecular flexibility index (Phi) is 5.70. The van der Waals surface area contributed by atoms with E-state index in [0.29, 0.717) is 17.8 Å². The van der Waals surface area contributed by atoms with E-state index in [1.807, 2.05) is 53.4 Å². The van der Waals surface area contributed by atoms with Crippen molar-refractivity contribution in [3.8, 4) is 11.4 Å². The average Bonchev–Trinajstić information content (AvgIpc) is 3.68. The molecular weight excluding hydrogens is 486 g/mol. The summed E-state index contributed by atoms with van der Waals surface area (Å²) in [5.41, 5.74) is 5.14. The van der Waals surface area contributed by atoms with Crippen molar-refractivity contribution >= 4 is 33.7 Å². The monoisotopic (exact) mass is 519 g/mol. The summed E-state index contributed by atoms with van der Waals surface area (Å²) in [5, 5.41) is 12.5. The van der Waals surface area contributed by atoms with Crippen molar-refractivity contribution in [3.63, 3.8) is 0 Å². The molecule has 9 nitrogen and oxygen atoms in total. The van der Waals surface area contributed by atoms with Gasteiger partial charge in [0.15, 0.2) is 5.82 Å². The summed E-state index contributed by atoms with van der Waals surface area (Å²) in [7, 11) is 2.20. The minimum Gasteiger partial charge on any atom is -0.355 e. The maximum absolute atomic E-state index is 5.26. The van der Waals surface area contributed by atoms with Crippen molar-refractivity contribution in [1.29, 1.82) is 0 Å². The topological polar surface area (TPSA) is 96.2 Å². The zero-order valence-electron chi connectivity index (χ0n) is 22.6. The molecule has 198 valence electrons. The first-order chi connectivity index (χ1) is 19.0. The zero-order chi connectivity index (χ0) is 26.6. The van der Waals surface area contributed by atoms with E-state index in [0.717, 1.165) is 58.8 Å². The molecule has 0 radical (unpaired) electrons. The lowest BCUT2D eigenvalue weighted by Crippen LogP contribution is -2.53. The van der Waals surface area contributed by atoms with Crippen LogP contribution in [0.5, 0.6) is 0 Å². The second-order valence-electron chi connectivity index (χ2n) is 11.5. The van der Waals surface area contributed by atoms with E-state index in [2.05, 4.69) is 51.5 Å². The van der Waals surface area contributed by atoms with Crippen molar-refractivity contribution in [2.75, 3.05) is 30.4 Å². The average molecular weight is 520 g/mol. The smallest absolute Gasteiger partial charge is 0.162 e. The molecule has 39 heavy (non-hydrogen) atoms. The fourth-order valence-corrected chi connectivity index (χ4v) is 5.97. The van der Waals surface area contributed by atoms with Crippen LogP contribution >= 0.6 is 0 Å². The van der Waals surface area contributed by atoms with E-state index in [9.17, 15) is 0 Å². The summed E-state index contributed by atoms with van der Waals surface area (Å²) in [5.74, 6) is 2.95. The van der Waals surface area contributed by atoms with Crippen LogP contribution in [0.2, 0.25) is 0 Å². The molecule has 9 heteroatoms. The molecule has 0 spiro atoms. The van der Waals surface area contributed by atoms with Gasteiger partial charge in [0.25, 0.3) is 0 Å². The van der Waals surface area contributed by atoms with E-state index < -0.39 is 0 Å². The summed E-state index contributed by atoms with van der Waals surface area (Å²) < 4.78 is 1.84. The van der Waals surface area contributed by atoms with Gasteiger partial charge in [0.05, 0.1) is 29.1 Å². The molecule has 1 saturated heterocycles. The van der Waals surface area contributed by atoms with Gasteiger partial charge in [0, 0.05) is 49.2 Å². The maximum Gasteiger partial charge on any atom is 0.162 e. The molecule has 1 unspecified atom stereocenters. The summed E-state index contributed by atoms with van der Waals surface area (Å²) >= 11 is 0. The van der Waals surface area contributed by atoms with Crippen LogP contribution in [0.3, 0.4) is 0 Å². The largest absolute Gasteiger partial charge is 0.355 e. The Morgan fingerprint density at radius 2 is 1.95 bits per heavy atom. The highest BCUT2D eigenvalue weighted by Gasteiger charge is 2.37. The van der Waals surface area contributed by atoms with Crippen LogP contribution in [0, 0.1) is 5.41 Å². The number of piperidine rings is 1. The lowest BCUT2D eigenvalue weighted by molar-refractivity contribution is 0.215. The number of fused-ring (bicyclic) bond motifs is 2. The van der Waals surface area contributed by atoms with Gasteiger partial charge in [-0.2, -0.15) is 5.10 Å². The van der Waals surface area contributed by atoms with Crippen LogP contribution in [0.4, 0.5) is 17.3 Å². The molecule has 1 saturated carbocycles. The molecule has 7 rings (SSSR count). The normalized spacial score (nSPS) is 18.9. The van der Waals surface area contributed by atoms with Crippen molar-refractivity contribution in [1.82, 2.24) is 34.9 Å². The van der Waals surface area contributed by atoms with E-state index in [1.54, 1.807) is 12.4 Å². The Morgan fingerprint density at radius 1 is 1.05 bits per heavy atom. The Balaban J connectivity index is 1.31. The predicted octanol–water partition coefficient (Wildman–Crippen LogP) is 5.18. The van der Waals surface area contributed by atoms with Crippen molar-refractivity contribution in [2.45, 2.75) is 45.1 Å². The molecule has 6 heterocycles. The zero-order valence-corrected chi connectivity index (χ0v) is 22.6. The van der Waals surface area contributed by atoms with Crippen LogP contribution in [-0.2, 0) is 0 Å². The third kappa shape index (κ3) is 4.46. The second-order valence-corrected chi connectivity index (χ2v) is 11.5. The number of nitrogens with one attached hydrogen (secondary N) is 2. The highest BCUT2D eigenvalue weighted by molar-refractivity contribution is 5.94. The molecule has 1 aliphatic carbocycles. The second kappa shape index (κ2) is 9.27. The van der Waals surface area contributed by atoms with E-state index in [-0.39, 0.29) is 5.41 Å². The van der Waals surface area contributed by atoms with Crippen LogP contribution in [0.1, 0.15) is 44.6 Å². The first kappa shape index (κ1) is 24.0. The van der Waals surface area contributed by atoms with Crippen LogP contribution in [0.15, 0.2) is 61.3 Å². The molecule has 2 fully saturated rings. The summed E-state index contributed by atoms with van der Waals surface area (Å²) in [4.78, 5) is 21.9. The number of aromatic nitrogens is 6. The quantitative estimate of drug-likeness (QED) is 0.317. The lowest BCUT2D eigenvalue weighted by Gasteiger charge is -2.45. The van der Waals surface area contributed by atoms with E-state index >= 15 is 0 Å². The number of anilines is 3. The minimum absolute atomic E-state index is 0.112. The van der Waals surface area contributed by atoms with Crippen molar-refractivity contribution in [3.05, 3.63) is 66.9 Å². The van der Waals surface area contributed by atoms with Crippen molar-refractivity contribution in [2.24, 2.45) is 5.41 Å². The van der Waals surface area contributed by atoms with Crippen LogP contribution in [-0.4, -0.2) is 55.7 Å². The highest BCUT2D eigenvalue weighted by Crippen LogP contribution is 2.45. The van der Waals surface area contributed by atoms with Crippen LogP contribution < -0.4 is 15.5 Å². The summed E-state index contributed by atoms with van der Waals surface area (Å²) in [6.07, 6.45) is 12.9. The Bertz CT molecular complexity index is 1670. The van der Waals surface area contributed by atoms with Gasteiger partial charge in [0.2, 0.25) is 0 Å². The molecule has 1 aliphatic heterocycles.